The predicted octanol–water partition coefficient (Wildman–Crippen LogP) is 8.96. The fourth-order valence-corrected chi connectivity index (χ4v) is 6.34. The molecule has 8 nitrogen and oxygen atoms in total. The van der Waals surface area contributed by atoms with Crippen molar-refractivity contribution in [2.24, 2.45) is 0 Å². The van der Waals surface area contributed by atoms with E-state index in [1.807, 2.05) is 97.1 Å². The third kappa shape index (κ3) is 6.56. The van der Waals surface area contributed by atoms with Gasteiger partial charge in [0.15, 0.2) is 11.5 Å². The van der Waals surface area contributed by atoms with E-state index in [1.165, 1.54) is 12.1 Å². The topological polar surface area (TPSA) is 85.1 Å². The largest absolute Gasteiger partial charge is 0.493 e. The molecule has 10 heteroatoms. The van der Waals surface area contributed by atoms with E-state index in [0.29, 0.717) is 39.8 Å². The van der Waals surface area contributed by atoms with E-state index in [2.05, 4.69) is 20.8 Å². The third-order valence-corrected chi connectivity index (χ3v) is 8.66. The first-order valence-corrected chi connectivity index (χ1v) is 15.7. The fourth-order valence-electron chi connectivity index (χ4n) is 5.64. The summed E-state index contributed by atoms with van der Waals surface area (Å²) in [5.41, 5.74) is 4.37. The minimum Gasteiger partial charge on any atom is -0.493 e. The number of carbonyl (C=O) groups is 1. The lowest BCUT2D eigenvalue weighted by Crippen LogP contribution is -2.48. The van der Waals surface area contributed by atoms with Gasteiger partial charge in [-0.3, -0.25) is 14.9 Å². The molecule has 1 heterocycles. The SMILES string of the molecule is COc1cc([C@H]2N(Cc3ccccc3)C(=O)c3cc([N+](=O)[O-])ccc3N2Cc2ccccc2)cc(Br)c1OCc1ccc(Cl)cc1. The second-order valence-electron chi connectivity index (χ2n) is 10.8. The number of nitro groups is 1. The van der Waals surface area contributed by atoms with Gasteiger partial charge >= 0.3 is 0 Å². The van der Waals surface area contributed by atoms with E-state index >= 15 is 0 Å². The zero-order valence-corrected chi connectivity index (χ0v) is 27.1. The standard InChI is InChI=1S/C36H29BrClN3O5/c1-45-33-19-27(18-31(37)34(33)46-23-26-12-14-28(38)15-13-26)35-39(21-24-8-4-2-5-9-24)32-17-16-29(41(43)44)20-30(32)36(42)40(35)22-25-10-6-3-7-11-25/h2-20,35H,21-23H2,1H3/t35-/m1/s1. The van der Waals surface area contributed by atoms with Gasteiger partial charge in [0.1, 0.15) is 12.8 Å². The Hall–Kier alpha value is -4.86. The molecular formula is C36H29BrClN3O5. The zero-order valence-electron chi connectivity index (χ0n) is 24.8. The number of halogens is 2. The van der Waals surface area contributed by atoms with Crippen LogP contribution in [0.1, 0.15) is 38.8 Å². The zero-order chi connectivity index (χ0) is 32.2. The molecule has 0 saturated carbocycles. The molecule has 0 aromatic heterocycles. The first-order valence-electron chi connectivity index (χ1n) is 14.5. The molecule has 0 aliphatic carbocycles. The Balaban J connectivity index is 1.48. The van der Waals surface area contributed by atoms with Crippen LogP contribution in [0.25, 0.3) is 0 Å². The van der Waals surface area contributed by atoms with Gasteiger partial charge in [-0.1, -0.05) is 84.4 Å². The Morgan fingerprint density at radius 3 is 2.07 bits per heavy atom. The van der Waals surface area contributed by atoms with Gasteiger partial charge in [0, 0.05) is 30.2 Å². The van der Waals surface area contributed by atoms with Crippen LogP contribution in [0, 0.1) is 10.1 Å². The molecule has 0 bridgehead atoms. The van der Waals surface area contributed by atoms with Gasteiger partial charge in [-0.25, -0.2) is 0 Å². The second kappa shape index (κ2) is 13.6. The molecule has 0 saturated heterocycles. The molecule has 1 aliphatic rings. The summed E-state index contributed by atoms with van der Waals surface area (Å²) in [6.07, 6.45) is -0.600. The van der Waals surface area contributed by atoms with Crippen LogP contribution in [0.5, 0.6) is 11.5 Å². The van der Waals surface area contributed by atoms with Gasteiger partial charge in [-0.05, 0) is 68.5 Å². The van der Waals surface area contributed by atoms with Crippen LogP contribution in [0.15, 0.2) is 120 Å². The molecule has 0 N–H and O–H groups in total. The molecule has 46 heavy (non-hydrogen) atoms. The second-order valence-corrected chi connectivity index (χ2v) is 12.1. The maximum atomic E-state index is 14.4. The highest BCUT2D eigenvalue weighted by Gasteiger charge is 2.40. The van der Waals surface area contributed by atoms with Crippen molar-refractivity contribution in [1.82, 2.24) is 4.90 Å². The van der Waals surface area contributed by atoms with Crippen molar-refractivity contribution >= 4 is 44.8 Å². The molecular weight excluding hydrogens is 670 g/mol. The van der Waals surface area contributed by atoms with Crippen LogP contribution >= 0.6 is 27.5 Å². The highest BCUT2D eigenvalue weighted by molar-refractivity contribution is 9.10. The van der Waals surface area contributed by atoms with Crippen LogP contribution in [-0.2, 0) is 19.7 Å². The van der Waals surface area contributed by atoms with Gasteiger partial charge in [0.2, 0.25) is 0 Å². The first-order chi connectivity index (χ1) is 22.3. The Labute approximate surface area is 280 Å². The van der Waals surface area contributed by atoms with Crippen molar-refractivity contribution in [3.05, 3.63) is 163 Å². The van der Waals surface area contributed by atoms with Crippen LogP contribution in [0.3, 0.4) is 0 Å². The number of carbonyl (C=O) groups excluding carboxylic acids is 1. The van der Waals surface area contributed by atoms with Crippen LogP contribution < -0.4 is 14.4 Å². The predicted molar refractivity (Wildman–Crippen MR) is 181 cm³/mol. The van der Waals surface area contributed by atoms with Crippen molar-refractivity contribution in [2.75, 3.05) is 12.0 Å². The van der Waals surface area contributed by atoms with Gasteiger partial charge in [0.25, 0.3) is 11.6 Å². The number of nitro benzene ring substituents is 1. The number of nitrogens with zero attached hydrogens (tertiary/aromatic N) is 3. The molecule has 6 rings (SSSR count). The average molecular weight is 699 g/mol. The summed E-state index contributed by atoms with van der Waals surface area (Å²) in [6.45, 7) is 0.996. The Kier molecular flexibility index (Phi) is 9.23. The van der Waals surface area contributed by atoms with Crippen LogP contribution in [0.2, 0.25) is 5.02 Å². The smallest absolute Gasteiger partial charge is 0.270 e. The quantitative estimate of drug-likeness (QED) is 0.107. The summed E-state index contributed by atoms with van der Waals surface area (Å²) in [5, 5.41) is 12.4. The van der Waals surface area contributed by atoms with Gasteiger partial charge in [-0.15, -0.1) is 0 Å². The number of methoxy groups -OCH3 is 1. The number of non-ortho nitro benzene ring substituents is 1. The molecule has 1 aliphatic heterocycles. The minimum atomic E-state index is -0.600. The number of amides is 1. The highest BCUT2D eigenvalue weighted by atomic mass is 79.9. The maximum Gasteiger partial charge on any atom is 0.270 e. The number of ether oxygens (including phenoxy) is 2. The Morgan fingerprint density at radius 1 is 0.826 bits per heavy atom. The molecule has 5 aromatic carbocycles. The fraction of sp³-hybridized carbons (Fsp3) is 0.139. The summed E-state index contributed by atoms with van der Waals surface area (Å²) < 4.78 is 12.7. The van der Waals surface area contributed by atoms with E-state index in [1.54, 1.807) is 18.1 Å². The normalized spacial score (nSPS) is 14.2. The first kappa shape index (κ1) is 31.1. The van der Waals surface area contributed by atoms with Crippen molar-refractivity contribution in [1.29, 1.82) is 0 Å². The monoisotopic (exact) mass is 697 g/mol. The number of benzene rings is 5. The summed E-state index contributed by atoms with van der Waals surface area (Å²) in [7, 11) is 1.57. The lowest BCUT2D eigenvalue weighted by atomic mass is 9.98. The van der Waals surface area contributed by atoms with Crippen molar-refractivity contribution in [3.63, 3.8) is 0 Å². The minimum absolute atomic E-state index is 0.142. The Bertz CT molecular complexity index is 1870. The molecule has 232 valence electrons. The summed E-state index contributed by atoms with van der Waals surface area (Å²) >= 11 is 9.77. The van der Waals surface area contributed by atoms with Crippen molar-refractivity contribution in [2.45, 2.75) is 25.9 Å². The lowest BCUT2D eigenvalue weighted by Gasteiger charge is -2.46. The van der Waals surface area contributed by atoms with Crippen molar-refractivity contribution < 1.29 is 19.2 Å². The summed E-state index contributed by atoms with van der Waals surface area (Å²) in [4.78, 5) is 29.5. The summed E-state index contributed by atoms with van der Waals surface area (Å²) in [5.74, 6) is 0.693. The molecule has 1 atom stereocenters. The summed E-state index contributed by atoms with van der Waals surface area (Å²) in [6, 6.07) is 35.3. The number of rotatable bonds is 10. The number of anilines is 1. The van der Waals surface area contributed by atoms with E-state index < -0.39 is 11.1 Å². The van der Waals surface area contributed by atoms with Crippen LogP contribution in [0.4, 0.5) is 11.4 Å². The van der Waals surface area contributed by atoms with E-state index in [0.717, 1.165) is 22.3 Å². The maximum absolute atomic E-state index is 14.4. The van der Waals surface area contributed by atoms with Gasteiger partial charge < -0.3 is 19.3 Å². The number of hydrogen-bond donors (Lipinski definition) is 0. The molecule has 0 spiro atoms. The lowest BCUT2D eigenvalue weighted by molar-refractivity contribution is -0.384. The van der Waals surface area contributed by atoms with E-state index in [4.69, 9.17) is 21.1 Å². The highest BCUT2D eigenvalue weighted by Crippen LogP contribution is 2.46. The van der Waals surface area contributed by atoms with Gasteiger partial charge in [0.05, 0.1) is 27.8 Å². The van der Waals surface area contributed by atoms with Crippen LogP contribution in [-0.4, -0.2) is 22.8 Å². The number of fused-ring (bicyclic) bond motifs is 1. The molecule has 0 unspecified atom stereocenters. The van der Waals surface area contributed by atoms with Crippen molar-refractivity contribution in [3.8, 4) is 11.5 Å². The third-order valence-electron chi connectivity index (χ3n) is 7.82. The van der Waals surface area contributed by atoms with E-state index in [9.17, 15) is 14.9 Å². The molecule has 1 amide bonds. The molecule has 5 aromatic rings. The molecule has 0 fully saturated rings. The molecule has 0 radical (unpaired) electrons. The van der Waals surface area contributed by atoms with E-state index in [-0.39, 0.29) is 23.7 Å². The van der Waals surface area contributed by atoms with Gasteiger partial charge in [-0.2, -0.15) is 0 Å². The average Bonchev–Trinajstić information content (AvgIpc) is 3.07. The number of hydrogen-bond acceptors (Lipinski definition) is 6. The Morgan fingerprint density at radius 2 is 1.46 bits per heavy atom.